The average Bonchev–Trinajstić information content (AvgIpc) is 3.03. The van der Waals surface area contributed by atoms with E-state index in [0.29, 0.717) is 41.8 Å². The summed E-state index contributed by atoms with van der Waals surface area (Å²) < 4.78 is 0.616. The summed E-state index contributed by atoms with van der Waals surface area (Å²) in [4.78, 5) is 29.1. The molecule has 2 heterocycles. The molecule has 0 bridgehead atoms. The Labute approximate surface area is 150 Å². The first-order valence-electron chi connectivity index (χ1n) is 7.91. The van der Waals surface area contributed by atoms with E-state index < -0.39 is 0 Å². The number of rotatable bonds is 3. The van der Waals surface area contributed by atoms with Gasteiger partial charge < -0.3 is 9.80 Å². The van der Waals surface area contributed by atoms with Crippen LogP contribution in [0.2, 0.25) is 4.34 Å². The Balaban J connectivity index is 1.53. The molecule has 1 aliphatic heterocycles. The second kappa shape index (κ2) is 7.36. The standard InChI is InChI=1S/C18H19ClN2O2S/c1-13-2-4-14(5-3-13)12-17(22)20-8-10-21(11-9-20)18(23)15-6-7-16(19)24-15/h2-7H,8-12H2,1H3. The quantitative estimate of drug-likeness (QED) is 0.841. The normalized spacial score (nSPS) is 14.8. The van der Waals surface area contributed by atoms with E-state index in [-0.39, 0.29) is 11.8 Å². The van der Waals surface area contributed by atoms with Crippen molar-refractivity contribution in [1.82, 2.24) is 9.80 Å². The van der Waals surface area contributed by atoms with Crippen molar-refractivity contribution < 1.29 is 9.59 Å². The van der Waals surface area contributed by atoms with E-state index in [4.69, 9.17) is 11.6 Å². The van der Waals surface area contributed by atoms with Gasteiger partial charge in [-0.05, 0) is 24.6 Å². The molecule has 126 valence electrons. The van der Waals surface area contributed by atoms with Gasteiger partial charge in [-0.1, -0.05) is 41.4 Å². The van der Waals surface area contributed by atoms with Gasteiger partial charge >= 0.3 is 0 Å². The topological polar surface area (TPSA) is 40.6 Å². The third-order valence-electron chi connectivity index (χ3n) is 4.18. The molecule has 0 N–H and O–H groups in total. The molecule has 0 unspecified atom stereocenters. The van der Waals surface area contributed by atoms with Crippen LogP contribution in [0.25, 0.3) is 0 Å². The summed E-state index contributed by atoms with van der Waals surface area (Å²) in [5, 5.41) is 0. The van der Waals surface area contributed by atoms with Crippen LogP contribution in [0.3, 0.4) is 0 Å². The largest absolute Gasteiger partial charge is 0.339 e. The van der Waals surface area contributed by atoms with Crippen molar-refractivity contribution >= 4 is 34.8 Å². The fourth-order valence-corrected chi connectivity index (χ4v) is 3.75. The van der Waals surface area contributed by atoms with Crippen LogP contribution in [0.4, 0.5) is 0 Å². The first kappa shape index (κ1) is 17.0. The Morgan fingerprint density at radius 1 is 1.00 bits per heavy atom. The Hall–Kier alpha value is -1.85. The summed E-state index contributed by atoms with van der Waals surface area (Å²) in [6.07, 6.45) is 0.411. The zero-order valence-electron chi connectivity index (χ0n) is 13.5. The molecule has 1 aliphatic rings. The van der Waals surface area contributed by atoms with E-state index in [0.717, 1.165) is 5.56 Å². The molecule has 3 rings (SSSR count). The predicted octanol–water partition coefficient (Wildman–Crippen LogP) is 3.24. The third-order valence-corrected chi connectivity index (χ3v) is 5.40. The molecule has 4 nitrogen and oxygen atoms in total. The molecule has 0 radical (unpaired) electrons. The number of piperazine rings is 1. The first-order valence-corrected chi connectivity index (χ1v) is 9.10. The highest BCUT2D eigenvalue weighted by atomic mass is 35.5. The first-order chi connectivity index (χ1) is 11.5. The van der Waals surface area contributed by atoms with Gasteiger partial charge in [-0.3, -0.25) is 9.59 Å². The summed E-state index contributed by atoms with van der Waals surface area (Å²) in [5.74, 6) is 0.114. The van der Waals surface area contributed by atoms with Crippen molar-refractivity contribution in [3.8, 4) is 0 Å². The highest BCUT2D eigenvalue weighted by Crippen LogP contribution is 2.23. The van der Waals surface area contributed by atoms with Gasteiger partial charge in [0.15, 0.2) is 0 Å². The molecule has 2 amide bonds. The molecule has 1 fully saturated rings. The fraction of sp³-hybridized carbons (Fsp3) is 0.333. The molecule has 0 atom stereocenters. The third kappa shape index (κ3) is 3.97. The van der Waals surface area contributed by atoms with Gasteiger partial charge in [-0.25, -0.2) is 0 Å². The van der Waals surface area contributed by atoms with Crippen molar-refractivity contribution in [3.05, 3.63) is 56.7 Å². The van der Waals surface area contributed by atoms with Crippen LogP contribution in [-0.4, -0.2) is 47.8 Å². The Morgan fingerprint density at radius 2 is 1.62 bits per heavy atom. The van der Waals surface area contributed by atoms with Crippen LogP contribution in [0.15, 0.2) is 36.4 Å². The van der Waals surface area contributed by atoms with E-state index in [1.54, 1.807) is 17.0 Å². The van der Waals surface area contributed by atoms with Crippen molar-refractivity contribution in [2.24, 2.45) is 0 Å². The fourth-order valence-electron chi connectivity index (χ4n) is 2.74. The predicted molar refractivity (Wildman–Crippen MR) is 96.7 cm³/mol. The number of thiophene rings is 1. The molecule has 6 heteroatoms. The minimum atomic E-state index is -0.00228. The second-order valence-electron chi connectivity index (χ2n) is 5.94. The smallest absolute Gasteiger partial charge is 0.264 e. The lowest BCUT2D eigenvalue weighted by atomic mass is 10.1. The van der Waals surface area contributed by atoms with Crippen LogP contribution in [0, 0.1) is 6.92 Å². The molecule has 1 aromatic heterocycles. The minimum absolute atomic E-state index is 0.00228. The van der Waals surface area contributed by atoms with Crippen LogP contribution in [0.5, 0.6) is 0 Å². The van der Waals surface area contributed by atoms with Crippen LogP contribution in [-0.2, 0) is 11.2 Å². The highest BCUT2D eigenvalue weighted by Gasteiger charge is 2.25. The zero-order chi connectivity index (χ0) is 17.1. The number of amides is 2. The molecule has 2 aromatic rings. The van der Waals surface area contributed by atoms with Crippen LogP contribution in [0.1, 0.15) is 20.8 Å². The van der Waals surface area contributed by atoms with Crippen molar-refractivity contribution in [2.45, 2.75) is 13.3 Å². The lowest BCUT2D eigenvalue weighted by Crippen LogP contribution is -2.50. The van der Waals surface area contributed by atoms with Gasteiger partial charge in [0.2, 0.25) is 5.91 Å². The zero-order valence-corrected chi connectivity index (χ0v) is 15.1. The SMILES string of the molecule is Cc1ccc(CC(=O)N2CCN(C(=O)c3ccc(Cl)s3)CC2)cc1. The number of hydrogen-bond acceptors (Lipinski definition) is 3. The summed E-state index contributed by atoms with van der Waals surface area (Å²) in [7, 11) is 0. The van der Waals surface area contributed by atoms with Gasteiger partial charge in [0.1, 0.15) is 0 Å². The van der Waals surface area contributed by atoms with Crippen molar-refractivity contribution in [1.29, 1.82) is 0 Å². The number of carbonyl (C=O) groups excluding carboxylic acids is 2. The second-order valence-corrected chi connectivity index (χ2v) is 7.65. The Bertz CT molecular complexity index is 734. The van der Waals surface area contributed by atoms with E-state index in [1.165, 1.54) is 16.9 Å². The highest BCUT2D eigenvalue weighted by molar-refractivity contribution is 7.17. The van der Waals surface area contributed by atoms with Gasteiger partial charge in [0.25, 0.3) is 5.91 Å². The molecule has 0 saturated carbocycles. The minimum Gasteiger partial charge on any atom is -0.339 e. The van der Waals surface area contributed by atoms with Gasteiger partial charge in [-0.2, -0.15) is 0 Å². The summed E-state index contributed by atoms with van der Waals surface area (Å²) >= 11 is 7.18. The molecular weight excluding hydrogens is 344 g/mol. The molecule has 24 heavy (non-hydrogen) atoms. The average molecular weight is 363 g/mol. The summed E-state index contributed by atoms with van der Waals surface area (Å²) in [5.41, 5.74) is 2.21. The molecule has 0 spiro atoms. The van der Waals surface area contributed by atoms with Crippen LogP contribution >= 0.6 is 22.9 Å². The lowest BCUT2D eigenvalue weighted by molar-refractivity contribution is -0.131. The van der Waals surface area contributed by atoms with E-state index in [1.807, 2.05) is 36.1 Å². The van der Waals surface area contributed by atoms with E-state index in [9.17, 15) is 9.59 Å². The summed E-state index contributed by atoms with van der Waals surface area (Å²) in [6.45, 7) is 4.32. The Kier molecular flexibility index (Phi) is 5.21. The van der Waals surface area contributed by atoms with Crippen molar-refractivity contribution in [2.75, 3.05) is 26.2 Å². The van der Waals surface area contributed by atoms with E-state index in [2.05, 4.69) is 0 Å². The summed E-state index contributed by atoms with van der Waals surface area (Å²) in [6, 6.07) is 11.5. The lowest BCUT2D eigenvalue weighted by Gasteiger charge is -2.34. The maximum absolute atomic E-state index is 12.4. The number of carbonyl (C=O) groups is 2. The molecule has 1 saturated heterocycles. The molecule has 0 aliphatic carbocycles. The van der Waals surface area contributed by atoms with Gasteiger partial charge in [-0.15, -0.1) is 11.3 Å². The number of aryl methyl sites for hydroxylation is 1. The maximum Gasteiger partial charge on any atom is 0.264 e. The molecular formula is C18H19ClN2O2S. The number of halogens is 1. The monoisotopic (exact) mass is 362 g/mol. The molecule has 1 aromatic carbocycles. The number of nitrogens with zero attached hydrogens (tertiary/aromatic N) is 2. The maximum atomic E-state index is 12.4. The van der Waals surface area contributed by atoms with Gasteiger partial charge in [0.05, 0.1) is 15.6 Å². The number of benzene rings is 1. The Morgan fingerprint density at radius 3 is 2.21 bits per heavy atom. The van der Waals surface area contributed by atoms with Gasteiger partial charge in [0, 0.05) is 26.2 Å². The number of hydrogen-bond donors (Lipinski definition) is 0. The van der Waals surface area contributed by atoms with E-state index >= 15 is 0 Å². The van der Waals surface area contributed by atoms with Crippen LogP contribution < -0.4 is 0 Å². The van der Waals surface area contributed by atoms with Crippen molar-refractivity contribution in [3.63, 3.8) is 0 Å².